The predicted molar refractivity (Wildman–Crippen MR) is 146 cm³/mol. The molecule has 10 heteroatoms. The third-order valence-corrected chi connectivity index (χ3v) is 5.49. The topological polar surface area (TPSA) is 132 Å². The SMILES string of the molecule is COC(=O)[C@H](Cc1ccccc1)NC(=O)[C@H](CCCCNC(=O)OC(C)(C)C)NC(=O)OCc1ccccc1. The Morgan fingerprint density at radius 3 is 2.00 bits per heavy atom. The molecule has 0 aliphatic heterocycles. The van der Waals surface area contributed by atoms with E-state index in [2.05, 4.69) is 16.0 Å². The van der Waals surface area contributed by atoms with Crippen LogP contribution in [0.2, 0.25) is 0 Å². The molecule has 0 spiro atoms. The first-order valence-corrected chi connectivity index (χ1v) is 12.9. The van der Waals surface area contributed by atoms with Crippen molar-refractivity contribution < 1.29 is 33.4 Å². The number of hydrogen-bond donors (Lipinski definition) is 3. The normalized spacial score (nSPS) is 12.4. The van der Waals surface area contributed by atoms with Gasteiger partial charge in [-0.15, -0.1) is 0 Å². The second kappa shape index (κ2) is 16.0. The molecular weight excluding hydrogens is 502 g/mol. The molecular formula is C29H39N3O7. The molecule has 0 saturated heterocycles. The van der Waals surface area contributed by atoms with Crippen LogP contribution in [-0.2, 0) is 36.8 Å². The van der Waals surface area contributed by atoms with Crippen LogP contribution in [0.15, 0.2) is 60.7 Å². The molecule has 0 unspecified atom stereocenters. The number of amides is 3. The highest BCUT2D eigenvalue weighted by atomic mass is 16.6. The molecule has 10 nitrogen and oxygen atoms in total. The highest BCUT2D eigenvalue weighted by Crippen LogP contribution is 2.09. The number of rotatable bonds is 13. The van der Waals surface area contributed by atoms with Crippen LogP contribution in [-0.4, -0.2) is 55.4 Å². The summed E-state index contributed by atoms with van der Waals surface area (Å²) in [5, 5.41) is 7.98. The minimum Gasteiger partial charge on any atom is -0.467 e. The lowest BCUT2D eigenvalue weighted by molar-refractivity contribution is -0.145. The van der Waals surface area contributed by atoms with Gasteiger partial charge in [-0.05, 0) is 51.2 Å². The lowest BCUT2D eigenvalue weighted by Crippen LogP contribution is -2.52. The first-order chi connectivity index (χ1) is 18.6. The lowest BCUT2D eigenvalue weighted by atomic mass is 10.0. The summed E-state index contributed by atoms with van der Waals surface area (Å²) in [5.74, 6) is -1.14. The molecule has 3 N–H and O–H groups in total. The largest absolute Gasteiger partial charge is 0.467 e. The van der Waals surface area contributed by atoms with E-state index in [1.807, 2.05) is 60.7 Å². The third kappa shape index (κ3) is 12.8. The zero-order valence-electron chi connectivity index (χ0n) is 23.0. The lowest BCUT2D eigenvalue weighted by Gasteiger charge is -2.22. The Bertz CT molecular complexity index is 1060. The average Bonchev–Trinajstić information content (AvgIpc) is 2.90. The summed E-state index contributed by atoms with van der Waals surface area (Å²) in [5.41, 5.74) is 1.04. The summed E-state index contributed by atoms with van der Waals surface area (Å²) >= 11 is 0. The highest BCUT2D eigenvalue weighted by molar-refractivity contribution is 5.89. The zero-order chi connectivity index (χ0) is 28.7. The van der Waals surface area contributed by atoms with E-state index < -0.39 is 41.7 Å². The van der Waals surface area contributed by atoms with E-state index in [1.165, 1.54) is 7.11 Å². The van der Waals surface area contributed by atoms with Gasteiger partial charge in [-0.3, -0.25) is 4.79 Å². The van der Waals surface area contributed by atoms with Gasteiger partial charge >= 0.3 is 18.2 Å². The van der Waals surface area contributed by atoms with E-state index in [0.717, 1.165) is 11.1 Å². The van der Waals surface area contributed by atoms with Crippen LogP contribution in [0, 0.1) is 0 Å². The first kappa shape index (κ1) is 31.1. The molecule has 0 aromatic heterocycles. The van der Waals surface area contributed by atoms with Gasteiger partial charge in [0, 0.05) is 13.0 Å². The van der Waals surface area contributed by atoms with Crippen LogP contribution < -0.4 is 16.0 Å². The minimum atomic E-state index is -0.974. The van der Waals surface area contributed by atoms with Crippen LogP contribution in [0.25, 0.3) is 0 Å². The number of hydrogen-bond acceptors (Lipinski definition) is 7. The number of esters is 1. The fraction of sp³-hybridized carbons (Fsp3) is 0.448. The van der Waals surface area contributed by atoms with Gasteiger partial charge in [-0.25, -0.2) is 14.4 Å². The quantitative estimate of drug-likeness (QED) is 0.199. The van der Waals surface area contributed by atoms with Gasteiger partial charge in [0.15, 0.2) is 0 Å². The fourth-order valence-electron chi connectivity index (χ4n) is 3.61. The van der Waals surface area contributed by atoms with Crippen molar-refractivity contribution in [2.45, 2.75) is 70.7 Å². The Morgan fingerprint density at radius 2 is 1.41 bits per heavy atom. The Labute approximate surface area is 229 Å². The van der Waals surface area contributed by atoms with Crippen molar-refractivity contribution >= 4 is 24.1 Å². The Hall–Kier alpha value is -4.08. The molecule has 0 radical (unpaired) electrons. The Kier molecular flexibility index (Phi) is 12.8. The maximum absolute atomic E-state index is 13.2. The summed E-state index contributed by atoms with van der Waals surface area (Å²) in [7, 11) is 1.25. The molecule has 2 aromatic carbocycles. The molecule has 2 atom stereocenters. The summed E-state index contributed by atoms with van der Waals surface area (Å²) < 4.78 is 15.4. The number of unbranched alkanes of at least 4 members (excludes halogenated alkanes) is 1. The van der Waals surface area contributed by atoms with E-state index in [1.54, 1.807) is 20.8 Å². The Morgan fingerprint density at radius 1 is 0.795 bits per heavy atom. The van der Waals surface area contributed by atoms with E-state index in [4.69, 9.17) is 14.2 Å². The van der Waals surface area contributed by atoms with E-state index in [0.29, 0.717) is 19.4 Å². The van der Waals surface area contributed by atoms with E-state index in [-0.39, 0.29) is 19.4 Å². The maximum Gasteiger partial charge on any atom is 0.408 e. The summed E-state index contributed by atoms with van der Waals surface area (Å²) in [6.07, 6.45) is 0.221. The predicted octanol–water partition coefficient (Wildman–Crippen LogP) is 3.88. The van der Waals surface area contributed by atoms with Crippen molar-refractivity contribution in [2.75, 3.05) is 13.7 Å². The monoisotopic (exact) mass is 541 g/mol. The number of alkyl carbamates (subject to hydrolysis) is 2. The Balaban J connectivity index is 1.99. The summed E-state index contributed by atoms with van der Waals surface area (Å²) in [6, 6.07) is 16.5. The van der Waals surface area contributed by atoms with Gasteiger partial charge < -0.3 is 30.2 Å². The average molecular weight is 542 g/mol. The van der Waals surface area contributed by atoms with Gasteiger partial charge in [-0.1, -0.05) is 60.7 Å². The second-order valence-electron chi connectivity index (χ2n) is 9.96. The van der Waals surface area contributed by atoms with Crippen LogP contribution in [0.1, 0.15) is 51.2 Å². The molecule has 2 aromatic rings. The van der Waals surface area contributed by atoms with Gasteiger partial charge in [0.25, 0.3) is 0 Å². The van der Waals surface area contributed by atoms with E-state index >= 15 is 0 Å². The van der Waals surface area contributed by atoms with Gasteiger partial charge in [0.05, 0.1) is 7.11 Å². The number of carbonyl (C=O) groups excluding carboxylic acids is 4. The molecule has 2 rings (SSSR count). The van der Waals surface area contributed by atoms with Crippen LogP contribution in [0.5, 0.6) is 0 Å². The molecule has 0 bridgehead atoms. The number of ether oxygens (including phenoxy) is 3. The highest BCUT2D eigenvalue weighted by Gasteiger charge is 2.28. The summed E-state index contributed by atoms with van der Waals surface area (Å²) in [4.78, 5) is 50.0. The van der Waals surface area contributed by atoms with Crippen molar-refractivity contribution in [1.82, 2.24) is 16.0 Å². The minimum absolute atomic E-state index is 0.0413. The van der Waals surface area contributed by atoms with Crippen molar-refractivity contribution in [3.8, 4) is 0 Å². The van der Waals surface area contributed by atoms with Crippen molar-refractivity contribution in [3.05, 3.63) is 71.8 Å². The second-order valence-corrected chi connectivity index (χ2v) is 9.96. The number of nitrogens with one attached hydrogen (secondary N) is 3. The van der Waals surface area contributed by atoms with Gasteiger partial charge in [-0.2, -0.15) is 0 Å². The standard InChI is InChI=1S/C29H39N3O7/c1-29(2,3)39-27(35)30-18-12-11-17-23(32-28(36)38-20-22-15-9-6-10-16-22)25(33)31-24(26(34)37-4)19-21-13-7-5-8-14-21/h5-10,13-16,23-24H,11-12,17-20H2,1-4H3,(H,30,35)(H,31,33)(H,32,36)/t23-,24-/m0/s1. The molecule has 0 aliphatic rings. The van der Waals surface area contributed by atoms with Crippen molar-refractivity contribution in [3.63, 3.8) is 0 Å². The first-order valence-electron chi connectivity index (χ1n) is 12.9. The number of methoxy groups -OCH3 is 1. The number of benzene rings is 2. The molecule has 39 heavy (non-hydrogen) atoms. The van der Waals surface area contributed by atoms with Gasteiger partial charge in [0.2, 0.25) is 5.91 Å². The van der Waals surface area contributed by atoms with Crippen molar-refractivity contribution in [1.29, 1.82) is 0 Å². The van der Waals surface area contributed by atoms with Crippen LogP contribution in [0.3, 0.4) is 0 Å². The zero-order valence-corrected chi connectivity index (χ0v) is 23.0. The van der Waals surface area contributed by atoms with E-state index in [9.17, 15) is 19.2 Å². The van der Waals surface area contributed by atoms with Crippen LogP contribution in [0.4, 0.5) is 9.59 Å². The molecule has 3 amide bonds. The van der Waals surface area contributed by atoms with Gasteiger partial charge in [0.1, 0.15) is 24.3 Å². The third-order valence-electron chi connectivity index (χ3n) is 5.49. The van der Waals surface area contributed by atoms with Crippen molar-refractivity contribution in [2.24, 2.45) is 0 Å². The molecule has 0 saturated carbocycles. The molecule has 0 aliphatic carbocycles. The molecule has 0 heterocycles. The number of carbonyl (C=O) groups is 4. The summed E-state index contributed by atoms with van der Waals surface area (Å²) in [6.45, 7) is 5.70. The molecule has 0 fully saturated rings. The molecule has 212 valence electrons. The smallest absolute Gasteiger partial charge is 0.408 e. The van der Waals surface area contributed by atoms with Crippen LogP contribution >= 0.6 is 0 Å². The fourth-order valence-corrected chi connectivity index (χ4v) is 3.61. The maximum atomic E-state index is 13.2.